The van der Waals surface area contributed by atoms with E-state index < -0.39 is 34.4 Å². The topological polar surface area (TPSA) is 139 Å². The Morgan fingerprint density at radius 2 is 1.27 bits per heavy atom. The van der Waals surface area contributed by atoms with Gasteiger partial charge in [-0.2, -0.15) is 0 Å². The molecule has 0 saturated heterocycles. The van der Waals surface area contributed by atoms with Crippen LogP contribution in [-0.2, 0) is 9.13 Å². The second-order valence-electron chi connectivity index (χ2n) is 2.73. The maximum atomic E-state index is 10.5. The van der Waals surface area contributed by atoms with Gasteiger partial charge in [-0.05, 0) is 0 Å². The maximum Gasteiger partial charge on any atom is 1.00 e. The van der Waals surface area contributed by atoms with Gasteiger partial charge in [0, 0.05) is 6.54 Å². The summed E-state index contributed by atoms with van der Waals surface area (Å²) in [6.07, 6.45) is -1.56. The zero-order chi connectivity index (χ0) is 11.4. The van der Waals surface area contributed by atoms with Gasteiger partial charge in [-0.25, -0.2) is 0 Å². The number of aliphatic hydroxyl groups excluding tert-OH is 1. The fourth-order valence-electron chi connectivity index (χ4n) is 0.849. The number of hydrogen-bond acceptors (Lipinski definition) is 4. The molecule has 15 heavy (non-hydrogen) atoms. The number of nitrogens with zero attached hydrogens (tertiary/aromatic N) is 1. The molecule has 0 aromatic carbocycles. The summed E-state index contributed by atoms with van der Waals surface area (Å²) >= 11 is 0. The Morgan fingerprint density at radius 3 is 1.47 bits per heavy atom. The summed E-state index contributed by atoms with van der Waals surface area (Å²) in [7, 11) is -8.73. The average molecular weight is 272 g/mol. The molecule has 0 aliphatic carbocycles. The molecule has 11 heteroatoms. The van der Waals surface area contributed by atoms with E-state index in [4.69, 9.17) is 24.7 Å². The molecule has 0 aliphatic rings. The molecule has 0 atom stereocenters. The molecule has 0 aromatic rings. The molecule has 0 aliphatic heterocycles. The van der Waals surface area contributed by atoms with Crippen molar-refractivity contribution in [2.24, 2.45) is 0 Å². The van der Waals surface area contributed by atoms with Crippen LogP contribution in [-0.4, -0.2) is 55.3 Å². The third-order valence-corrected chi connectivity index (χ3v) is 2.72. The Bertz CT molecular complexity index is 238. The van der Waals surface area contributed by atoms with Gasteiger partial charge in [0.2, 0.25) is 0 Å². The predicted octanol–water partition coefficient (Wildman–Crippen LogP) is -4.44. The van der Waals surface area contributed by atoms with Crippen molar-refractivity contribution >= 4 is 15.2 Å². The second kappa shape index (κ2) is 7.53. The summed E-state index contributed by atoms with van der Waals surface area (Å²) in [6, 6.07) is 0. The van der Waals surface area contributed by atoms with Gasteiger partial charge in [0.05, 0.1) is 6.61 Å². The van der Waals surface area contributed by atoms with Crippen molar-refractivity contribution in [3.8, 4) is 0 Å². The van der Waals surface area contributed by atoms with E-state index in [0.29, 0.717) is 0 Å². The minimum Gasteiger partial charge on any atom is -0.395 e. The van der Waals surface area contributed by atoms with Crippen LogP contribution in [0.3, 0.4) is 0 Å². The minimum absolute atomic E-state index is 0. The number of aliphatic hydroxyl groups is 1. The number of rotatable bonds is 6. The average Bonchev–Trinajstić information content (AvgIpc) is 1.78. The molecule has 0 heterocycles. The molecule has 0 aromatic heterocycles. The van der Waals surface area contributed by atoms with Gasteiger partial charge in [0.1, 0.15) is 12.6 Å². The largest absolute Gasteiger partial charge is 1.00 e. The standard InChI is InChI=1S/C4H13NO7P2.Na/c6-2-1-5(3-13(7,8)9)4-14(10,11)12;/h6H,1-4H2,(H2,7,8,9)(H2,10,11,12);/q;+1. The summed E-state index contributed by atoms with van der Waals surface area (Å²) in [5.74, 6) is 0. The van der Waals surface area contributed by atoms with Crippen molar-refractivity contribution in [2.45, 2.75) is 0 Å². The summed E-state index contributed by atoms with van der Waals surface area (Å²) in [6.45, 7) is -0.629. The van der Waals surface area contributed by atoms with Crippen LogP contribution in [0.25, 0.3) is 0 Å². The fourth-order valence-corrected chi connectivity index (χ4v) is 2.53. The van der Waals surface area contributed by atoms with E-state index in [-0.39, 0.29) is 36.1 Å². The van der Waals surface area contributed by atoms with E-state index in [9.17, 15) is 9.13 Å². The first-order valence-electron chi connectivity index (χ1n) is 3.56. The van der Waals surface area contributed by atoms with E-state index in [1.165, 1.54) is 0 Å². The van der Waals surface area contributed by atoms with Gasteiger partial charge in [0.25, 0.3) is 0 Å². The molecular weight excluding hydrogens is 259 g/mol. The van der Waals surface area contributed by atoms with E-state index in [2.05, 4.69) is 0 Å². The smallest absolute Gasteiger partial charge is 0.395 e. The van der Waals surface area contributed by atoms with Gasteiger partial charge in [-0.15, -0.1) is 0 Å². The van der Waals surface area contributed by atoms with Crippen molar-refractivity contribution in [1.82, 2.24) is 4.90 Å². The van der Waals surface area contributed by atoms with Crippen molar-refractivity contribution in [3.05, 3.63) is 0 Å². The van der Waals surface area contributed by atoms with Gasteiger partial charge < -0.3 is 24.7 Å². The zero-order valence-electron chi connectivity index (χ0n) is 8.22. The summed E-state index contributed by atoms with van der Waals surface area (Å²) in [5, 5.41) is 8.48. The molecule has 86 valence electrons. The maximum absolute atomic E-state index is 10.5. The Balaban J connectivity index is 0. The van der Waals surface area contributed by atoms with Crippen LogP contribution in [0.2, 0.25) is 0 Å². The van der Waals surface area contributed by atoms with Crippen molar-refractivity contribution in [3.63, 3.8) is 0 Å². The van der Waals surface area contributed by atoms with Crippen LogP contribution < -0.4 is 29.6 Å². The molecule has 0 saturated carbocycles. The first-order valence-corrected chi connectivity index (χ1v) is 7.16. The van der Waals surface area contributed by atoms with Gasteiger partial charge in [0.15, 0.2) is 0 Å². The predicted molar refractivity (Wildman–Crippen MR) is 47.6 cm³/mol. The monoisotopic (exact) mass is 272 g/mol. The van der Waals surface area contributed by atoms with Crippen LogP contribution in [0.5, 0.6) is 0 Å². The Kier molecular flexibility index (Phi) is 9.32. The Morgan fingerprint density at radius 1 is 0.933 bits per heavy atom. The zero-order valence-corrected chi connectivity index (χ0v) is 12.0. The summed E-state index contributed by atoms with van der Waals surface area (Å²) in [5.41, 5.74) is 0. The molecule has 0 bridgehead atoms. The fraction of sp³-hybridized carbons (Fsp3) is 1.00. The first-order chi connectivity index (χ1) is 6.14. The second-order valence-corrected chi connectivity index (χ2v) is 5.95. The van der Waals surface area contributed by atoms with Gasteiger partial charge >= 0.3 is 44.7 Å². The van der Waals surface area contributed by atoms with Crippen molar-refractivity contribution < 1.29 is 63.4 Å². The van der Waals surface area contributed by atoms with E-state index in [1.54, 1.807) is 0 Å². The normalized spacial score (nSPS) is 12.7. The third kappa shape index (κ3) is 13.2. The van der Waals surface area contributed by atoms with Crippen molar-refractivity contribution in [2.75, 3.05) is 25.7 Å². The van der Waals surface area contributed by atoms with Crippen LogP contribution >= 0.6 is 15.2 Å². The molecule has 8 nitrogen and oxygen atoms in total. The summed E-state index contributed by atoms with van der Waals surface area (Å²) < 4.78 is 21.0. The van der Waals surface area contributed by atoms with Crippen molar-refractivity contribution in [1.29, 1.82) is 0 Å². The SMILES string of the molecule is O=P(O)(O)CN(CCO)CP(=O)(O)O.[Na+]. The number of hydrogen-bond donors (Lipinski definition) is 5. The third-order valence-electron chi connectivity index (χ3n) is 1.18. The quantitative estimate of drug-likeness (QED) is 0.241. The van der Waals surface area contributed by atoms with Gasteiger partial charge in [-0.3, -0.25) is 14.0 Å². The molecule has 0 spiro atoms. The van der Waals surface area contributed by atoms with Crippen LogP contribution in [0.1, 0.15) is 0 Å². The van der Waals surface area contributed by atoms with Crippen LogP contribution in [0.4, 0.5) is 0 Å². The van der Waals surface area contributed by atoms with Crippen LogP contribution in [0.15, 0.2) is 0 Å². The van der Waals surface area contributed by atoms with E-state index in [1.807, 2.05) is 0 Å². The molecule has 0 fully saturated rings. The van der Waals surface area contributed by atoms with E-state index in [0.717, 1.165) is 4.90 Å². The first kappa shape index (κ1) is 18.6. The van der Waals surface area contributed by atoms with E-state index >= 15 is 0 Å². The Labute approximate surface area is 109 Å². The van der Waals surface area contributed by atoms with Gasteiger partial charge in [-0.1, -0.05) is 0 Å². The molecule has 0 amide bonds. The Hall–Kier alpha value is 1.22. The molecule has 5 N–H and O–H groups in total. The molecule has 0 rings (SSSR count). The van der Waals surface area contributed by atoms with Crippen LogP contribution in [0, 0.1) is 0 Å². The molecular formula is C4H13NNaO7P2+. The minimum atomic E-state index is -4.37. The summed E-state index contributed by atoms with van der Waals surface area (Å²) in [4.78, 5) is 35.0. The molecule has 0 radical (unpaired) electrons. The molecule has 0 unspecified atom stereocenters.